The molecule has 0 saturated heterocycles. The van der Waals surface area contributed by atoms with Crippen LogP contribution >= 0.6 is 0 Å². The monoisotopic (exact) mass is 240 g/mol. The van der Waals surface area contributed by atoms with Gasteiger partial charge in [-0.2, -0.15) is 4.39 Å². The van der Waals surface area contributed by atoms with Gasteiger partial charge in [0.05, 0.1) is 0 Å². The lowest BCUT2D eigenvalue weighted by molar-refractivity contribution is -0.428. The van der Waals surface area contributed by atoms with E-state index in [2.05, 4.69) is 4.98 Å². The van der Waals surface area contributed by atoms with Crippen molar-refractivity contribution in [1.29, 1.82) is 0 Å². The third kappa shape index (κ3) is 3.40. The van der Waals surface area contributed by atoms with Gasteiger partial charge in [0.2, 0.25) is 5.95 Å². The van der Waals surface area contributed by atoms with Gasteiger partial charge in [-0.3, -0.25) is 5.73 Å². The van der Waals surface area contributed by atoms with Crippen LogP contribution in [-0.4, -0.2) is 28.9 Å². The molecule has 7 heteroatoms. The van der Waals surface area contributed by atoms with Crippen LogP contribution in [-0.2, 0) is 6.42 Å². The number of halogens is 1. The molecule has 0 aliphatic carbocycles. The van der Waals surface area contributed by atoms with E-state index in [0.29, 0.717) is 11.3 Å². The van der Waals surface area contributed by atoms with Crippen LogP contribution in [0.25, 0.3) is 0 Å². The Bertz CT molecular complexity index is 442. The Balaban J connectivity index is 3.00. The minimum atomic E-state index is -0.647. The summed E-state index contributed by atoms with van der Waals surface area (Å²) in [4.78, 5) is 15.0. The van der Waals surface area contributed by atoms with Crippen LogP contribution < -0.4 is 5.73 Å². The second kappa shape index (κ2) is 5.24. The topological polar surface area (TPSA) is 85.3 Å². The molecule has 0 saturated carbocycles. The van der Waals surface area contributed by atoms with Gasteiger partial charge in [-0.05, 0) is 16.6 Å². The van der Waals surface area contributed by atoms with Gasteiger partial charge in [0, 0.05) is 26.7 Å². The number of allylic oxidation sites excluding steroid dienone is 1. The molecule has 92 valence electrons. The molecular weight excluding hydrogens is 227 g/mol. The van der Waals surface area contributed by atoms with Crippen LogP contribution in [0.15, 0.2) is 29.8 Å². The molecule has 0 aliphatic rings. The number of hydrogen-bond acceptors (Lipinski definition) is 5. The fraction of sp³-hybridized carbons (Fsp3) is 0.300. The molecule has 1 aromatic rings. The van der Waals surface area contributed by atoms with Crippen molar-refractivity contribution in [2.24, 2.45) is 5.73 Å². The molecule has 0 atom stereocenters. The van der Waals surface area contributed by atoms with E-state index in [1.165, 1.54) is 18.3 Å². The first-order valence-electron chi connectivity index (χ1n) is 4.82. The largest absolute Gasteiger partial charge is 0.374 e. The molecule has 1 aromatic heterocycles. The van der Waals surface area contributed by atoms with E-state index in [9.17, 15) is 14.5 Å². The van der Waals surface area contributed by atoms with Crippen LogP contribution in [0.4, 0.5) is 4.39 Å². The van der Waals surface area contributed by atoms with Crippen LogP contribution in [0.1, 0.15) is 5.56 Å². The number of hydrogen-bond donors (Lipinski definition) is 1. The normalized spacial score (nSPS) is 11.9. The average Bonchev–Trinajstić information content (AvgIpc) is 2.26. The fourth-order valence-electron chi connectivity index (χ4n) is 1.29. The van der Waals surface area contributed by atoms with Crippen LogP contribution in [0.5, 0.6) is 0 Å². The Kier molecular flexibility index (Phi) is 3.97. The van der Waals surface area contributed by atoms with Gasteiger partial charge in [-0.25, -0.2) is 4.98 Å². The van der Waals surface area contributed by atoms with E-state index < -0.39 is 16.7 Å². The first kappa shape index (κ1) is 12.9. The summed E-state index contributed by atoms with van der Waals surface area (Å²) in [6, 6.07) is 2.71. The van der Waals surface area contributed by atoms with Gasteiger partial charge < -0.3 is 15.0 Å². The first-order chi connectivity index (χ1) is 7.91. The lowest BCUT2D eigenvalue weighted by Gasteiger charge is -2.16. The number of nitro groups is 1. The first-order valence-corrected chi connectivity index (χ1v) is 4.82. The van der Waals surface area contributed by atoms with Gasteiger partial charge in [0.25, 0.3) is 0 Å². The number of pyridine rings is 1. The summed E-state index contributed by atoms with van der Waals surface area (Å²) in [6.45, 7) is 0. The van der Waals surface area contributed by atoms with Crippen LogP contribution in [0, 0.1) is 16.1 Å². The smallest absolute Gasteiger partial charge is 0.333 e. The molecule has 17 heavy (non-hydrogen) atoms. The second-order valence-electron chi connectivity index (χ2n) is 3.65. The van der Waals surface area contributed by atoms with Gasteiger partial charge in [0.15, 0.2) is 0 Å². The van der Waals surface area contributed by atoms with Gasteiger partial charge in [-0.1, -0.05) is 6.07 Å². The van der Waals surface area contributed by atoms with Crippen LogP contribution in [0.3, 0.4) is 0 Å². The van der Waals surface area contributed by atoms with E-state index in [0.717, 1.165) is 0 Å². The average molecular weight is 240 g/mol. The molecule has 0 radical (unpaired) electrons. The number of nitrogens with zero attached hydrogens (tertiary/aromatic N) is 3. The summed E-state index contributed by atoms with van der Waals surface area (Å²) in [5.41, 5.74) is 6.39. The Hall–Kier alpha value is -2.18. The molecular formula is C10H13FN4O2. The predicted octanol–water partition coefficient (Wildman–Crippen LogP) is 0.729. The Morgan fingerprint density at radius 3 is 2.65 bits per heavy atom. The standard InChI is InChI=1S/C10H13FN4O2/c1-14(2)8(10(12)15(16)17)5-7-3-4-9(11)13-6-7/h3-4,6H,5,12H2,1-2H3. The van der Waals surface area contributed by atoms with Gasteiger partial charge in [0.1, 0.15) is 5.70 Å². The highest BCUT2D eigenvalue weighted by Crippen LogP contribution is 2.12. The molecule has 0 unspecified atom stereocenters. The fourth-order valence-corrected chi connectivity index (χ4v) is 1.29. The van der Waals surface area contributed by atoms with Crippen molar-refractivity contribution in [3.63, 3.8) is 0 Å². The lowest BCUT2D eigenvalue weighted by Crippen LogP contribution is -2.23. The zero-order valence-corrected chi connectivity index (χ0v) is 9.55. The van der Waals surface area contributed by atoms with Gasteiger partial charge in [-0.15, -0.1) is 0 Å². The minimum absolute atomic E-state index is 0.229. The quantitative estimate of drug-likeness (QED) is 0.476. The van der Waals surface area contributed by atoms with Crippen molar-refractivity contribution >= 4 is 0 Å². The number of nitrogens with two attached hydrogens (primary N) is 1. The van der Waals surface area contributed by atoms with Crippen molar-refractivity contribution in [2.75, 3.05) is 14.1 Å². The highest BCUT2D eigenvalue weighted by Gasteiger charge is 2.15. The van der Waals surface area contributed by atoms with Crippen molar-refractivity contribution in [3.8, 4) is 0 Å². The lowest BCUT2D eigenvalue weighted by atomic mass is 10.1. The molecule has 0 fully saturated rings. The summed E-state index contributed by atoms with van der Waals surface area (Å²) in [7, 11) is 3.31. The predicted molar refractivity (Wildman–Crippen MR) is 59.8 cm³/mol. The Morgan fingerprint density at radius 1 is 1.59 bits per heavy atom. The summed E-state index contributed by atoms with van der Waals surface area (Å²) in [5.74, 6) is -1.01. The van der Waals surface area contributed by atoms with E-state index in [4.69, 9.17) is 5.73 Å². The summed E-state index contributed by atoms with van der Waals surface area (Å²) in [6.07, 6.45) is 1.55. The Morgan fingerprint density at radius 2 is 2.24 bits per heavy atom. The zero-order valence-electron chi connectivity index (χ0n) is 9.55. The number of likely N-dealkylation sites (N-methyl/N-ethyl adjacent to an activating group) is 1. The SMILES string of the molecule is CN(C)C(Cc1ccc(F)nc1)=C(N)[N+](=O)[O-]. The maximum atomic E-state index is 12.6. The second-order valence-corrected chi connectivity index (χ2v) is 3.65. The molecule has 6 nitrogen and oxygen atoms in total. The van der Waals surface area contributed by atoms with E-state index in [-0.39, 0.29) is 6.42 Å². The summed E-state index contributed by atoms with van der Waals surface area (Å²) >= 11 is 0. The molecule has 0 amide bonds. The molecule has 2 N–H and O–H groups in total. The van der Waals surface area contributed by atoms with Crippen molar-refractivity contribution in [1.82, 2.24) is 9.88 Å². The van der Waals surface area contributed by atoms with Gasteiger partial charge >= 0.3 is 5.82 Å². The zero-order chi connectivity index (χ0) is 13.0. The summed E-state index contributed by atoms with van der Waals surface area (Å²) < 4.78 is 12.6. The van der Waals surface area contributed by atoms with E-state index in [1.807, 2.05) is 0 Å². The molecule has 1 rings (SSSR count). The summed E-state index contributed by atoms with van der Waals surface area (Å²) in [5, 5.41) is 10.6. The van der Waals surface area contributed by atoms with E-state index >= 15 is 0 Å². The molecule has 0 bridgehead atoms. The third-order valence-corrected chi connectivity index (χ3v) is 2.19. The van der Waals surface area contributed by atoms with E-state index in [1.54, 1.807) is 19.0 Å². The van der Waals surface area contributed by atoms with Crippen molar-refractivity contribution in [3.05, 3.63) is 51.5 Å². The maximum Gasteiger partial charge on any atom is 0.333 e. The number of aromatic nitrogens is 1. The highest BCUT2D eigenvalue weighted by atomic mass is 19.1. The van der Waals surface area contributed by atoms with Crippen LogP contribution in [0.2, 0.25) is 0 Å². The maximum absolute atomic E-state index is 12.6. The third-order valence-electron chi connectivity index (χ3n) is 2.19. The molecule has 0 aromatic carbocycles. The molecule has 0 spiro atoms. The highest BCUT2D eigenvalue weighted by molar-refractivity contribution is 5.19. The molecule has 1 heterocycles. The Labute approximate surface area is 97.7 Å². The van der Waals surface area contributed by atoms with Crippen molar-refractivity contribution < 1.29 is 9.31 Å². The number of rotatable bonds is 4. The molecule has 0 aliphatic heterocycles. The minimum Gasteiger partial charge on any atom is -0.374 e. The van der Waals surface area contributed by atoms with Crippen molar-refractivity contribution in [2.45, 2.75) is 6.42 Å².